The van der Waals surface area contributed by atoms with Gasteiger partial charge in [0.1, 0.15) is 12.6 Å². The van der Waals surface area contributed by atoms with Crippen molar-refractivity contribution in [1.82, 2.24) is 10.2 Å². The van der Waals surface area contributed by atoms with Crippen molar-refractivity contribution in [1.29, 1.82) is 0 Å². The van der Waals surface area contributed by atoms with Crippen LogP contribution in [0.3, 0.4) is 0 Å². The summed E-state index contributed by atoms with van der Waals surface area (Å²) >= 11 is 3.33. The predicted molar refractivity (Wildman–Crippen MR) is 73.4 cm³/mol. The highest BCUT2D eigenvalue weighted by Gasteiger charge is 2.44. The van der Waals surface area contributed by atoms with Gasteiger partial charge in [-0.3, -0.25) is 4.90 Å². The van der Waals surface area contributed by atoms with Gasteiger partial charge in [0, 0.05) is 30.7 Å². The molecule has 2 N–H and O–H groups in total. The summed E-state index contributed by atoms with van der Waals surface area (Å²) in [6.45, 7) is 1.30. The highest BCUT2D eigenvalue weighted by Crippen LogP contribution is 2.39. The maximum Gasteiger partial charge on any atom is 0.289 e. The molecule has 0 radical (unpaired) electrons. The molecular weight excluding hydrogens is 318 g/mol. The van der Waals surface area contributed by atoms with Crippen molar-refractivity contribution in [3.63, 3.8) is 0 Å². The molecule has 1 aliphatic heterocycles. The molecule has 1 heterocycles. The number of rotatable bonds is 4. The summed E-state index contributed by atoms with van der Waals surface area (Å²) in [6, 6.07) is 5.86. The normalized spacial score (nSPS) is 19.4. The molecule has 6 heteroatoms. The fourth-order valence-electron chi connectivity index (χ4n) is 2.41. The highest BCUT2D eigenvalue weighted by molar-refractivity contribution is 9.10. The summed E-state index contributed by atoms with van der Waals surface area (Å²) < 4.78 is 28.9. The van der Waals surface area contributed by atoms with Crippen LogP contribution in [0, 0.1) is 0 Å². The standard InChI is InChI=1S/C13H17BrF2N2O/c14-11-4-2-1-3-10(11)12(13(15,16)9-19)18-7-5-17-6-8-18/h1-4,12,17,19H,5-9H2/t12-/m1/s1. The number of halogens is 3. The zero-order valence-electron chi connectivity index (χ0n) is 10.5. The minimum Gasteiger partial charge on any atom is -0.390 e. The zero-order valence-corrected chi connectivity index (χ0v) is 12.0. The first-order chi connectivity index (χ1) is 9.06. The summed E-state index contributed by atoms with van der Waals surface area (Å²) in [5.74, 6) is -3.17. The first-order valence-electron chi connectivity index (χ1n) is 6.24. The molecule has 1 aromatic rings. The van der Waals surface area contributed by atoms with E-state index in [0.717, 1.165) is 0 Å². The van der Waals surface area contributed by atoms with Crippen molar-refractivity contribution < 1.29 is 13.9 Å². The monoisotopic (exact) mass is 334 g/mol. The third-order valence-electron chi connectivity index (χ3n) is 3.33. The number of nitrogens with one attached hydrogen (secondary N) is 1. The van der Waals surface area contributed by atoms with E-state index in [4.69, 9.17) is 5.11 Å². The topological polar surface area (TPSA) is 35.5 Å². The van der Waals surface area contributed by atoms with E-state index in [1.165, 1.54) is 0 Å². The smallest absolute Gasteiger partial charge is 0.289 e. The van der Waals surface area contributed by atoms with E-state index in [9.17, 15) is 8.78 Å². The van der Waals surface area contributed by atoms with Crippen LogP contribution in [0.2, 0.25) is 0 Å². The van der Waals surface area contributed by atoms with Gasteiger partial charge in [0.05, 0.1) is 0 Å². The maximum atomic E-state index is 14.1. The number of aliphatic hydroxyl groups excluding tert-OH is 1. The number of nitrogens with zero attached hydrogens (tertiary/aromatic N) is 1. The second-order valence-corrected chi connectivity index (χ2v) is 5.48. The molecule has 0 unspecified atom stereocenters. The van der Waals surface area contributed by atoms with Crippen LogP contribution in [0.1, 0.15) is 11.6 Å². The summed E-state index contributed by atoms with van der Waals surface area (Å²) in [5, 5.41) is 12.2. The van der Waals surface area contributed by atoms with Crippen LogP contribution >= 0.6 is 15.9 Å². The summed E-state index contributed by atoms with van der Waals surface area (Å²) in [6.07, 6.45) is 0. The molecule has 0 aliphatic carbocycles. The van der Waals surface area contributed by atoms with E-state index in [1.807, 2.05) is 0 Å². The van der Waals surface area contributed by atoms with Crippen molar-refractivity contribution in [3.05, 3.63) is 34.3 Å². The Labute approximate surface area is 119 Å². The van der Waals surface area contributed by atoms with Crippen LogP contribution in [0.5, 0.6) is 0 Å². The van der Waals surface area contributed by atoms with E-state index in [-0.39, 0.29) is 0 Å². The molecule has 0 saturated carbocycles. The second kappa shape index (κ2) is 6.26. The van der Waals surface area contributed by atoms with Crippen molar-refractivity contribution in [2.24, 2.45) is 0 Å². The van der Waals surface area contributed by atoms with E-state index in [1.54, 1.807) is 29.2 Å². The number of piperazine rings is 1. The number of alkyl halides is 2. The van der Waals surface area contributed by atoms with Crippen LogP contribution < -0.4 is 5.32 Å². The quantitative estimate of drug-likeness (QED) is 0.884. The molecule has 3 nitrogen and oxygen atoms in total. The van der Waals surface area contributed by atoms with Crippen LogP contribution in [-0.4, -0.2) is 48.7 Å². The average molecular weight is 335 g/mol. The zero-order chi connectivity index (χ0) is 13.9. The molecule has 0 spiro atoms. The molecule has 1 aromatic carbocycles. The van der Waals surface area contributed by atoms with Gasteiger partial charge in [-0.25, -0.2) is 8.78 Å². The fourth-order valence-corrected chi connectivity index (χ4v) is 2.92. The molecule has 106 valence electrons. The van der Waals surface area contributed by atoms with E-state index < -0.39 is 18.6 Å². The van der Waals surface area contributed by atoms with Crippen LogP contribution in [0.25, 0.3) is 0 Å². The Hall–Kier alpha value is -0.560. The number of benzene rings is 1. The summed E-state index contributed by atoms with van der Waals surface area (Å²) in [4.78, 5) is 1.73. The Morgan fingerprint density at radius 3 is 2.53 bits per heavy atom. The molecule has 1 fully saturated rings. The van der Waals surface area contributed by atoms with E-state index in [0.29, 0.717) is 36.2 Å². The SMILES string of the molecule is OCC(F)(F)[C@@H](c1ccccc1Br)N1CCNCC1. The molecule has 2 rings (SSSR count). The molecule has 1 aliphatic rings. The first kappa shape index (κ1) is 14.8. The molecule has 19 heavy (non-hydrogen) atoms. The van der Waals surface area contributed by atoms with Gasteiger partial charge in [0.25, 0.3) is 5.92 Å². The maximum absolute atomic E-state index is 14.1. The average Bonchev–Trinajstić information content (AvgIpc) is 2.42. The van der Waals surface area contributed by atoms with Gasteiger partial charge in [-0.1, -0.05) is 34.1 Å². The Morgan fingerprint density at radius 2 is 1.95 bits per heavy atom. The van der Waals surface area contributed by atoms with Crippen molar-refractivity contribution in [2.45, 2.75) is 12.0 Å². The van der Waals surface area contributed by atoms with Crippen LogP contribution in [-0.2, 0) is 0 Å². The minimum absolute atomic E-state index is 0.517. The summed E-state index contributed by atoms with van der Waals surface area (Å²) in [7, 11) is 0. The lowest BCUT2D eigenvalue weighted by molar-refractivity contribution is -0.118. The lowest BCUT2D eigenvalue weighted by Gasteiger charge is -2.39. The largest absolute Gasteiger partial charge is 0.390 e. The first-order valence-corrected chi connectivity index (χ1v) is 7.03. The molecule has 0 aromatic heterocycles. The van der Waals surface area contributed by atoms with Crippen molar-refractivity contribution in [3.8, 4) is 0 Å². The Kier molecular flexibility index (Phi) is 4.89. The van der Waals surface area contributed by atoms with Gasteiger partial charge in [-0.2, -0.15) is 0 Å². The second-order valence-electron chi connectivity index (χ2n) is 4.63. The van der Waals surface area contributed by atoms with Gasteiger partial charge in [0.15, 0.2) is 0 Å². The van der Waals surface area contributed by atoms with Gasteiger partial charge in [0.2, 0.25) is 0 Å². The van der Waals surface area contributed by atoms with Gasteiger partial charge < -0.3 is 10.4 Å². The Morgan fingerprint density at radius 1 is 1.32 bits per heavy atom. The van der Waals surface area contributed by atoms with Gasteiger partial charge >= 0.3 is 0 Å². The van der Waals surface area contributed by atoms with Crippen LogP contribution in [0.15, 0.2) is 28.7 Å². The summed E-state index contributed by atoms with van der Waals surface area (Å²) in [5.41, 5.74) is 0.517. The van der Waals surface area contributed by atoms with Gasteiger partial charge in [-0.05, 0) is 11.6 Å². The third-order valence-corrected chi connectivity index (χ3v) is 4.05. The highest BCUT2D eigenvalue weighted by atomic mass is 79.9. The molecular formula is C13H17BrF2N2O. The van der Waals surface area contributed by atoms with Crippen molar-refractivity contribution >= 4 is 15.9 Å². The molecule has 1 saturated heterocycles. The van der Waals surface area contributed by atoms with Crippen molar-refractivity contribution in [2.75, 3.05) is 32.8 Å². The molecule has 0 amide bonds. The minimum atomic E-state index is -3.17. The predicted octanol–water partition coefficient (Wildman–Crippen LogP) is 2.02. The molecule has 0 bridgehead atoms. The number of aliphatic hydroxyl groups is 1. The fraction of sp³-hybridized carbons (Fsp3) is 0.538. The van der Waals surface area contributed by atoms with E-state index in [2.05, 4.69) is 21.2 Å². The van der Waals surface area contributed by atoms with Crippen LogP contribution in [0.4, 0.5) is 8.78 Å². The number of hydrogen-bond acceptors (Lipinski definition) is 3. The third kappa shape index (κ3) is 3.31. The lowest BCUT2D eigenvalue weighted by atomic mass is 9.98. The Bertz CT molecular complexity index is 425. The number of hydrogen-bond donors (Lipinski definition) is 2. The Balaban J connectivity index is 2.36. The molecule has 1 atom stereocenters. The van der Waals surface area contributed by atoms with E-state index >= 15 is 0 Å². The van der Waals surface area contributed by atoms with Gasteiger partial charge in [-0.15, -0.1) is 0 Å². The lowest BCUT2D eigenvalue weighted by Crippen LogP contribution is -2.51.